The van der Waals surface area contributed by atoms with Crippen molar-refractivity contribution in [3.05, 3.63) is 59.7 Å². The molecular weight excluding hydrogens is 442 g/mol. The summed E-state index contributed by atoms with van der Waals surface area (Å²) in [5.41, 5.74) is 4.49. The highest BCUT2D eigenvalue weighted by Crippen LogP contribution is 2.30. The standard InChI is InChI=1S/C10H9BrF3NO.C7H6F3N/c11-6-5-9(16)15-8-3-1-7(2-4-8)10(12,13)14;8-7(9,10)5-1-3-6(11)4-2-5/h1-4H,5-6H2,(H,15,16);1-4H,11H2. The van der Waals surface area contributed by atoms with Crippen LogP contribution in [0.1, 0.15) is 17.5 Å². The normalized spacial score (nSPS) is 11.4. The number of nitrogens with one attached hydrogen (secondary N) is 1. The highest BCUT2D eigenvalue weighted by molar-refractivity contribution is 9.09. The maximum atomic E-state index is 12.2. The lowest BCUT2D eigenvalue weighted by Gasteiger charge is -2.08. The Morgan fingerprint density at radius 2 is 1.26 bits per heavy atom. The van der Waals surface area contributed by atoms with Gasteiger partial charge in [0.1, 0.15) is 0 Å². The largest absolute Gasteiger partial charge is 0.416 e. The first-order valence-electron chi connectivity index (χ1n) is 7.39. The number of hydrogen-bond donors (Lipinski definition) is 2. The summed E-state index contributed by atoms with van der Waals surface area (Å²) in [7, 11) is 0. The fourth-order valence-electron chi connectivity index (χ4n) is 1.72. The van der Waals surface area contributed by atoms with Gasteiger partial charge in [-0.15, -0.1) is 0 Å². The minimum Gasteiger partial charge on any atom is -0.399 e. The highest BCUT2D eigenvalue weighted by atomic mass is 79.9. The Bertz CT molecular complexity index is 727. The Kier molecular flexibility index (Phi) is 8.14. The van der Waals surface area contributed by atoms with Crippen LogP contribution in [0.4, 0.5) is 37.7 Å². The smallest absolute Gasteiger partial charge is 0.399 e. The van der Waals surface area contributed by atoms with E-state index in [0.29, 0.717) is 16.7 Å². The van der Waals surface area contributed by atoms with E-state index < -0.39 is 23.5 Å². The van der Waals surface area contributed by atoms with Gasteiger partial charge in [0.05, 0.1) is 11.1 Å². The Hall–Kier alpha value is -2.23. The number of rotatable bonds is 3. The van der Waals surface area contributed by atoms with E-state index in [2.05, 4.69) is 21.2 Å². The lowest BCUT2D eigenvalue weighted by atomic mass is 10.2. The van der Waals surface area contributed by atoms with Gasteiger partial charge in [0.25, 0.3) is 0 Å². The number of hydrogen-bond acceptors (Lipinski definition) is 2. The Morgan fingerprint density at radius 3 is 1.63 bits per heavy atom. The van der Waals surface area contributed by atoms with E-state index in [9.17, 15) is 31.1 Å². The highest BCUT2D eigenvalue weighted by Gasteiger charge is 2.30. The van der Waals surface area contributed by atoms with Crippen LogP contribution in [0.25, 0.3) is 0 Å². The summed E-state index contributed by atoms with van der Waals surface area (Å²) in [5.74, 6) is -0.239. The van der Waals surface area contributed by atoms with Gasteiger partial charge in [0, 0.05) is 23.1 Å². The van der Waals surface area contributed by atoms with Gasteiger partial charge in [0.2, 0.25) is 5.91 Å². The molecule has 3 N–H and O–H groups in total. The SMILES string of the molecule is Nc1ccc(C(F)(F)F)cc1.O=C(CCBr)Nc1ccc(C(F)(F)F)cc1. The van der Waals surface area contributed by atoms with Crippen LogP contribution in [0, 0.1) is 0 Å². The first-order chi connectivity index (χ1) is 12.4. The van der Waals surface area contributed by atoms with E-state index in [1.54, 1.807) is 0 Å². The van der Waals surface area contributed by atoms with E-state index >= 15 is 0 Å². The van der Waals surface area contributed by atoms with Crippen molar-refractivity contribution >= 4 is 33.2 Å². The molecule has 148 valence electrons. The summed E-state index contributed by atoms with van der Waals surface area (Å²) in [4.78, 5) is 11.1. The van der Waals surface area contributed by atoms with Crippen LogP contribution in [-0.4, -0.2) is 11.2 Å². The maximum absolute atomic E-state index is 12.2. The fourth-order valence-corrected chi connectivity index (χ4v) is 2.08. The molecule has 0 radical (unpaired) electrons. The van der Waals surface area contributed by atoms with Crippen LogP contribution in [0.15, 0.2) is 48.5 Å². The predicted molar refractivity (Wildman–Crippen MR) is 94.3 cm³/mol. The molecule has 2 aromatic carbocycles. The summed E-state index contributed by atoms with van der Waals surface area (Å²) in [6.45, 7) is 0. The van der Waals surface area contributed by atoms with Crippen molar-refractivity contribution in [1.29, 1.82) is 0 Å². The van der Waals surface area contributed by atoms with Gasteiger partial charge in [-0.2, -0.15) is 26.3 Å². The molecule has 0 heterocycles. The van der Waals surface area contributed by atoms with E-state index in [1.807, 2.05) is 0 Å². The van der Waals surface area contributed by atoms with Crippen molar-refractivity contribution < 1.29 is 31.1 Å². The average molecular weight is 457 g/mol. The molecule has 0 aromatic heterocycles. The number of amides is 1. The number of halogens is 7. The summed E-state index contributed by atoms with van der Waals surface area (Å²) in [6, 6.07) is 8.69. The number of nitrogens with two attached hydrogens (primary N) is 1. The van der Waals surface area contributed by atoms with E-state index in [4.69, 9.17) is 5.73 Å². The van der Waals surface area contributed by atoms with Crippen molar-refractivity contribution in [1.82, 2.24) is 0 Å². The molecular formula is C17H15BrF6N2O. The van der Waals surface area contributed by atoms with Crippen molar-refractivity contribution in [2.24, 2.45) is 0 Å². The van der Waals surface area contributed by atoms with Gasteiger partial charge >= 0.3 is 12.4 Å². The van der Waals surface area contributed by atoms with Crippen LogP contribution in [0.3, 0.4) is 0 Å². The zero-order valence-electron chi connectivity index (χ0n) is 13.7. The minimum atomic E-state index is -4.35. The number of carbonyl (C=O) groups is 1. The number of anilines is 2. The van der Waals surface area contributed by atoms with E-state index in [0.717, 1.165) is 24.3 Å². The molecule has 0 aliphatic carbocycles. The van der Waals surface area contributed by atoms with Gasteiger partial charge in [-0.3, -0.25) is 4.79 Å². The summed E-state index contributed by atoms with van der Waals surface area (Å²) < 4.78 is 72.3. The topological polar surface area (TPSA) is 55.1 Å². The maximum Gasteiger partial charge on any atom is 0.416 e. The molecule has 1 amide bonds. The number of carbonyl (C=O) groups excluding carboxylic acids is 1. The van der Waals surface area contributed by atoms with Crippen LogP contribution >= 0.6 is 15.9 Å². The monoisotopic (exact) mass is 456 g/mol. The van der Waals surface area contributed by atoms with Crippen molar-refractivity contribution in [3.8, 4) is 0 Å². The Balaban J connectivity index is 0.000000289. The lowest BCUT2D eigenvalue weighted by Crippen LogP contribution is -2.12. The number of benzene rings is 2. The van der Waals surface area contributed by atoms with Crippen LogP contribution in [0.5, 0.6) is 0 Å². The van der Waals surface area contributed by atoms with E-state index in [-0.39, 0.29) is 12.3 Å². The first kappa shape index (κ1) is 22.8. The molecule has 0 atom stereocenters. The molecule has 0 bridgehead atoms. The Morgan fingerprint density at radius 1 is 0.852 bits per heavy atom. The third kappa shape index (κ3) is 8.33. The van der Waals surface area contributed by atoms with Crippen molar-refractivity contribution in [2.45, 2.75) is 18.8 Å². The molecule has 27 heavy (non-hydrogen) atoms. The van der Waals surface area contributed by atoms with Crippen LogP contribution in [0.2, 0.25) is 0 Å². The van der Waals surface area contributed by atoms with Gasteiger partial charge in [0.15, 0.2) is 0 Å². The minimum absolute atomic E-state index is 0.239. The molecule has 2 rings (SSSR count). The molecule has 0 fully saturated rings. The molecule has 0 saturated heterocycles. The molecule has 0 aliphatic rings. The molecule has 0 aliphatic heterocycles. The molecule has 0 spiro atoms. The molecule has 0 unspecified atom stereocenters. The molecule has 10 heteroatoms. The third-order valence-electron chi connectivity index (χ3n) is 3.06. The van der Waals surface area contributed by atoms with Gasteiger partial charge in [-0.05, 0) is 48.5 Å². The average Bonchev–Trinajstić information content (AvgIpc) is 2.55. The zero-order valence-corrected chi connectivity index (χ0v) is 15.3. The third-order valence-corrected chi connectivity index (χ3v) is 3.45. The van der Waals surface area contributed by atoms with E-state index in [1.165, 1.54) is 24.3 Å². The first-order valence-corrected chi connectivity index (χ1v) is 8.51. The molecule has 0 saturated carbocycles. The fraction of sp³-hybridized carbons (Fsp3) is 0.235. The summed E-state index contributed by atoms with van der Waals surface area (Å²) >= 11 is 3.09. The second-order valence-electron chi connectivity index (χ2n) is 5.18. The van der Waals surface area contributed by atoms with Crippen molar-refractivity contribution in [3.63, 3.8) is 0 Å². The number of nitrogen functional groups attached to an aromatic ring is 1. The van der Waals surface area contributed by atoms with Crippen LogP contribution < -0.4 is 11.1 Å². The quantitative estimate of drug-likeness (QED) is 0.352. The zero-order chi connectivity index (χ0) is 20.7. The van der Waals surface area contributed by atoms with Crippen LogP contribution in [-0.2, 0) is 17.1 Å². The second-order valence-corrected chi connectivity index (χ2v) is 5.98. The second kappa shape index (κ2) is 9.63. The Labute approximate surface area is 159 Å². The van der Waals surface area contributed by atoms with Gasteiger partial charge in [-0.25, -0.2) is 0 Å². The molecule has 2 aromatic rings. The number of alkyl halides is 7. The van der Waals surface area contributed by atoms with Crippen molar-refractivity contribution in [2.75, 3.05) is 16.4 Å². The predicted octanol–water partition coefficient (Wildman–Crippen LogP) is 5.72. The lowest BCUT2D eigenvalue weighted by molar-refractivity contribution is -0.138. The van der Waals surface area contributed by atoms with Gasteiger partial charge in [-0.1, -0.05) is 15.9 Å². The summed E-state index contributed by atoms with van der Waals surface area (Å²) in [5, 5.41) is 3.00. The molecule has 3 nitrogen and oxygen atoms in total. The van der Waals surface area contributed by atoms with Gasteiger partial charge < -0.3 is 11.1 Å². The summed E-state index contributed by atoms with van der Waals surface area (Å²) in [6.07, 6.45) is -8.34.